The Kier molecular flexibility index (Phi) is 6.27. The standard InChI is InChI=1S/C25H20N4O3/c30-24(19-11-5-2-6-12-19)22(18-9-3-1-4-10-18)23(28-25-26-15-8-16-27-25)20-13-7-14-21(17-20)29(31)32/h1-17,22-23H,(H,26,27,28)/t22-,23-/m0/s1. The van der Waals surface area contributed by atoms with Crippen molar-refractivity contribution in [3.05, 3.63) is 130 Å². The minimum Gasteiger partial charge on any atom is -0.346 e. The fourth-order valence-electron chi connectivity index (χ4n) is 3.64. The van der Waals surface area contributed by atoms with Crippen LogP contribution in [0, 0.1) is 10.1 Å². The Bertz CT molecular complexity index is 1200. The first-order chi connectivity index (χ1) is 15.6. The molecule has 0 saturated heterocycles. The van der Waals surface area contributed by atoms with Gasteiger partial charge in [0.15, 0.2) is 5.78 Å². The third kappa shape index (κ3) is 4.67. The number of aromatic nitrogens is 2. The number of anilines is 1. The van der Waals surface area contributed by atoms with Crippen molar-refractivity contribution in [2.45, 2.75) is 12.0 Å². The van der Waals surface area contributed by atoms with Crippen molar-refractivity contribution < 1.29 is 9.72 Å². The molecule has 0 radical (unpaired) electrons. The third-order valence-corrected chi connectivity index (χ3v) is 5.12. The van der Waals surface area contributed by atoms with E-state index in [9.17, 15) is 14.9 Å². The van der Waals surface area contributed by atoms with E-state index in [1.54, 1.807) is 42.7 Å². The molecule has 2 atom stereocenters. The van der Waals surface area contributed by atoms with Crippen molar-refractivity contribution in [1.82, 2.24) is 9.97 Å². The number of nitro groups is 1. The van der Waals surface area contributed by atoms with E-state index >= 15 is 0 Å². The van der Waals surface area contributed by atoms with Gasteiger partial charge < -0.3 is 5.32 Å². The van der Waals surface area contributed by atoms with Gasteiger partial charge in [0.05, 0.1) is 16.9 Å². The van der Waals surface area contributed by atoms with Crippen molar-refractivity contribution in [2.24, 2.45) is 0 Å². The predicted octanol–water partition coefficient (Wildman–Crippen LogP) is 5.20. The molecule has 1 heterocycles. The number of Topliss-reactive ketones (excluding diaryl/α,β-unsaturated/α-hetero) is 1. The van der Waals surface area contributed by atoms with Crippen LogP contribution in [0.1, 0.15) is 33.4 Å². The van der Waals surface area contributed by atoms with Gasteiger partial charge in [-0.25, -0.2) is 9.97 Å². The van der Waals surface area contributed by atoms with Crippen LogP contribution in [-0.2, 0) is 0 Å². The van der Waals surface area contributed by atoms with E-state index in [-0.39, 0.29) is 11.5 Å². The van der Waals surface area contributed by atoms with E-state index < -0.39 is 16.9 Å². The highest BCUT2D eigenvalue weighted by atomic mass is 16.6. The van der Waals surface area contributed by atoms with E-state index in [0.29, 0.717) is 17.1 Å². The first-order valence-corrected chi connectivity index (χ1v) is 10.1. The quantitative estimate of drug-likeness (QED) is 0.237. The van der Waals surface area contributed by atoms with Crippen molar-refractivity contribution in [3.8, 4) is 0 Å². The molecule has 0 bridgehead atoms. The number of rotatable bonds is 8. The summed E-state index contributed by atoms with van der Waals surface area (Å²) in [6.45, 7) is 0. The largest absolute Gasteiger partial charge is 0.346 e. The smallest absolute Gasteiger partial charge is 0.269 e. The molecule has 1 aromatic heterocycles. The number of hydrogen-bond acceptors (Lipinski definition) is 6. The third-order valence-electron chi connectivity index (χ3n) is 5.12. The van der Waals surface area contributed by atoms with E-state index in [0.717, 1.165) is 5.56 Å². The Balaban J connectivity index is 1.87. The van der Waals surface area contributed by atoms with Crippen LogP contribution >= 0.6 is 0 Å². The van der Waals surface area contributed by atoms with Crippen LogP contribution < -0.4 is 5.32 Å². The zero-order valence-electron chi connectivity index (χ0n) is 17.0. The molecule has 3 aromatic carbocycles. The Morgan fingerprint density at radius 2 is 1.44 bits per heavy atom. The lowest BCUT2D eigenvalue weighted by Gasteiger charge is -2.28. The fraction of sp³-hybridized carbons (Fsp3) is 0.0800. The number of nitro benzene ring substituents is 1. The Morgan fingerprint density at radius 3 is 2.09 bits per heavy atom. The Morgan fingerprint density at radius 1 is 0.812 bits per heavy atom. The van der Waals surface area contributed by atoms with Crippen LogP contribution in [0.2, 0.25) is 0 Å². The van der Waals surface area contributed by atoms with Crippen LogP contribution in [0.3, 0.4) is 0 Å². The second-order valence-electron chi connectivity index (χ2n) is 7.17. The van der Waals surface area contributed by atoms with Gasteiger partial charge in [-0.2, -0.15) is 0 Å². The molecule has 0 aliphatic carbocycles. The lowest BCUT2D eigenvalue weighted by atomic mass is 9.81. The lowest BCUT2D eigenvalue weighted by molar-refractivity contribution is -0.384. The number of benzene rings is 3. The van der Waals surface area contributed by atoms with Gasteiger partial charge >= 0.3 is 0 Å². The fourth-order valence-corrected chi connectivity index (χ4v) is 3.64. The number of non-ortho nitro benzene ring substituents is 1. The SMILES string of the molecule is O=C(c1ccccc1)[C@@H](c1ccccc1)[C@@H](Nc1ncccn1)c1cccc([N+](=O)[O-])c1. The molecule has 7 heteroatoms. The van der Waals surface area contributed by atoms with Gasteiger partial charge in [0.25, 0.3) is 5.69 Å². The lowest BCUT2D eigenvalue weighted by Crippen LogP contribution is -2.27. The molecule has 0 spiro atoms. The highest BCUT2D eigenvalue weighted by Crippen LogP contribution is 2.37. The molecule has 1 N–H and O–H groups in total. The number of carbonyl (C=O) groups is 1. The van der Waals surface area contributed by atoms with Crippen molar-refractivity contribution in [2.75, 3.05) is 5.32 Å². The molecule has 0 fully saturated rings. The average Bonchev–Trinajstić information content (AvgIpc) is 2.85. The zero-order valence-corrected chi connectivity index (χ0v) is 17.0. The van der Waals surface area contributed by atoms with Crippen molar-refractivity contribution in [1.29, 1.82) is 0 Å². The summed E-state index contributed by atoms with van der Waals surface area (Å²) in [6.07, 6.45) is 3.19. The zero-order chi connectivity index (χ0) is 22.3. The summed E-state index contributed by atoms with van der Waals surface area (Å²) in [7, 11) is 0. The highest BCUT2D eigenvalue weighted by molar-refractivity contribution is 6.01. The molecule has 0 aliphatic heterocycles. The number of hydrogen-bond donors (Lipinski definition) is 1. The number of carbonyl (C=O) groups excluding carboxylic acids is 1. The summed E-state index contributed by atoms with van der Waals surface area (Å²) < 4.78 is 0. The van der Waals surface area contributed by atoms with Crippen LogP contribution in [0.4, 0.5) is 11.6 Å². The summed E-state index contributed by atoms with van der Waals surface area (Å²) in [5, 5.41) is 14.7. The maximum absolute atomic E-state index is 13.8. The normalized spacial score (nSPS) is 12.5. The van der Waals surface area contributed by atoms with Gasteiger partial charge in [0, 0.05) is 30.1 Å². The summed E-state index contributed by atoms with van der Waals surface area (Å²) in [5.74, 6) is -0.466. The number of nitrogens with zero attached hydrogens (tertiary/aromatic N) is 3. The van der Waals surface area contributed by atoms with E-state index in [1.165, 1.54) is 12.1 Å². The topological polar surface area (TPSA) is 98.0 Å². The molecule has 0 aliphatic rings. The van der Waals surface area contributed by atoms with E-state index in [1.807, 2.05) is 48.5 Å². The van der Waals surface area contributed by atoms with Crippen LogP contribution in [0.5, 0.6) is 0 Å². The Labute approximate surface area is 185 Å². The summed E-state index contributed by atoms with van der Waals surface area (Å²) in [4.78, 5) is 33.2. The first-order valence-electron chi connectivity index (χ1n) is 10.1. The van der Waals surface area contributed by atoms with Crippen LogP contribution in [-0.4, -0.2) is 20.7 Å². The maximum Gasteiger partial charge on any atom is 0.269 e. The molecular formula is C25H20N4O3. The molecule has 158 valence electrons. The van der Waals surface area contributed by atoms with E-state index in [4.69, 9.17) is 0 Å². The molecule has 32 heavy (non-hydrogen) atoms. The van der Waals surface area contributed by atoms with Gasteiger partial charge in [-0.3, -0.25) is 14.9 Å². The monoisotopic (exact) mass is 424 g/mol. The summed E-state index contributed by atoms with van der Waals surface area (Å²) in [6, 6.07) is 25.7. The molecule has 0 saturated carbocycles. The second-order valence-corrected chi connectivity index (χ2v) is 7.17. The van der Waals surface area contributed by atoms with Gasteiger partial charge in [-0.05, 0) is 17.2 Å². The molecule has 4 aromatic rings. The number of nitrogens with one attached hydrogen (secondary N) is 1. The molecule has 7 nitrogen and oxygen atoms in total. The minimum atomic E-state index is -0.676. The Hall–Kier alpha value is -4.39. The predicted molar refractivity (Wildman–Crippen MR) is 121 cm³/mol. The highest BCUT2D eigenvalue weighted by Gasteiger charge is 2.33. The van der Waals surface area contributed by atoms with Crippen LogP contribution in [0.15, 0.2) is 103 Å². The van der Waals surface area contributed by atoms with Crippen LogP contribution in [0.25, 0.3) is 0 Å². The van der Waals surface area contributed by atoms with Crippen molar-refractivity contribution >= 4 is 17.4 Å². The van der Waals surface area contributed by atoms with Gasteiger partial charge in [-0.15, -0.1) is 0 Å². The van der Waals surface area contributed by atoms with Gasteiger partial charge in [0.1, 0.15) is 0 Å². The summed E-state index contributed by atoms with van der Waals surface area (Å²) in [5.41, 5.74) is 1.86. The van der Waals surface area contributed by atoms with Crippen molar-refractivity contribution in [3.63, 3.8) is 0 Å². The summed E-state index contributed by atoms with van der Waals surface area (Å²) >= 11 is 0. The van der Waals surface area contributed by atoms with Gasteiger partial charge in [0.2, 0.25) is 5.95 Å². The minimum absolute atomic E-state index is 0.0535. The second kappa shape index (κ2) is 9.61. The molecule has 4 rings (SSSR count). The molecule has 0 amide bonds. The van der Waals surface area contributed by atoms with E-state index in [2.05, 4.69) is 15.3 Å². The molecule has 0 unspecified atom stereocenters. The molecular weight excluding hydrogens is 404 g/mol. The maximum atomic E-state index is 13.8. The number of ketones is 1. The average molecular weight is 424 g/mol. The first kappa shape index (κ1) is 20.9. The van der Waals surface area contributed by atoms with Gasteiger partial charge in [-0.1, -0.05) is 72.8 Å².